The standard InChI is InChI=1S/C13H16ClNS/c1-9-5-7-16-13(15-9)6-4-10-8-11(14)2-3-12(10)13/h2-3,8-9,15H,4-7H2,1H3. The molecule has 1 nitrogen and oxygen atoms in total. The number of aryl methyl sites for hydroxylation is 1. The van der Waals surface area contributed by atoms with Crippen LogP contribution in [-0.2, 0) is 11.3 Å². The molecule has 1 saturated heterocycles. The van der Waals surface area contributed by atoms with Crippen LogP contribution in [-0.4, -0.2) is 11.8 Å². The topological polar surface area (TPSA) is 12.0 Å². The Labute approximate surface area is 106 Å². The predicted molar refractivity (Wildman–Crippen MR) is 71.1 cm³/mol. The van der Waals surface area contributed by atoms with Crippen LogP contribution in [0.1, 0.15) is 30.9 Å². The molecule has 0 bridgehead atoms. The van der Waals surface area contributed by atoms with Gasteiger partial charge in [-0.05, 0) is 55.2 Å². The van der Waals surface area contributed by atoms with Gasteiger partial charge >= 0.3 is 0 Å². The Bertz CT molecular complexity index is 420. The third-order valence-electron chi connectivity index (χ3n) is 3.63. The Balaban J connectivity index is 2.01. The second-order valence-corrected chi connectivity index (χ2v) is 6.64. The Kier molecular flexibility index (Phi) is 2.69. The second kappa shape index (κ2) is 3.94. The fourth-order valence-electron chi connectivity index (χ4n) is 2.83. The highest BCUT2D eigenvalue weighted by atomic mass is 35.5. The Morgan fingerprint density at radius 3 is 3.19 bits per heavy atom. The molecule has 1 aromatic carbocycles. The van der Waals surface area contributed by atoms with Crippen molar-refractivity contribution in [2.24, 2.45) is 0 Å². The first-order chi connectivity index (χ1) is 7.70. The molecular formula is C13H16ClNS. The maximum absolute atomic E-state index is 6.05. The van der Waals surface area contributed by atoms with Gasteiger partial charge in [0.2, 0.25) is 0 Å². The third kappa shape index (κ3) is 1.68. The van der Waals surface area contributed by atoms with Gasteiger partial charge in [-0.3, -0.25) is 5.32 Å². The molecule has 2 atom stereocenters. The van der Waals surface area contributed by atoms with Crippen molar-refractivity contribution >= 4 is 23.4 Å². The smallest absolute Gasteiger partial charge is 0.0909 e. The summed E-state index contributed by atoms with van der Waals surface area (Å²) in [5, 5.41) is 4.65. The van der Waals surface area contributed by atoms with Crippen LogP contribution in [0.3, 0.4) is 0 Å². The molecular weight excluding hydrogens is 238 g/mol. The lowest BCUT2D eigenvalue weighted by atomic mass is 10.1. The Hall–Kier alpha value is -0.180. The van der Waals surface area contributed by atoms with Crippen LogP contribution in [0.2, 0.25) is 5.02 Å². The number of rotatable bonds is 0. The van der Waals surface area contributed by atoms with Crippen LogP contribution in [0.5, 0.6) is 0 Å². The zero-order chi connectivity index (χ0) is 11.2. The van der Waals surface area contributed by atoms with Crippen LogP contribution >= 0.6 is 23.4 Å². The van der Waals surface area contributed by atoms with E-state index in [0.717, 1.165) is 11.4 Å². The monoisotopic (exact) mass is 253 g/mol. The fraction of sp³-hybridized carbons (Fsp3) is 0.538. The molecule has 0 aromatic heterocycles. The number of thioether (sulfide) groups is 1. The molecule has 1 aliphatic carbocycles. The van der Waals surface area contributed by atoms with E-state index in [1.165, 1.54) is 29.7 Å². The molecule has 1 heterocycles. The lowest BCUT2D eigenvalue weighted by molar-refractivity contribution is 0.393. The van der Waals surface area contributed by atoms with Crippen molar-refractivity contribution in [2.75, 3.05) is 5.75 Å². The number of hydrogen-bond acceptors (Lipinski definition) is 2. The van der Waals surface area contributed by atoms with E-state index in [-0.39, 0.29) is 4.87 Å². The number of benzene rings is 1. The molecule has 2 aliphatic rings. The molecule has 1 spiro atoms. The first-order valence-electron chi connectivity index (χ1n) is 5.90. The van der Waals surface area contributed by atoms with E-state index in [9.17, 15) is 0 Å². The van der Waals surface area contributed by atoms with Gasteiger partial charge in [0.15, 0.2) is 0 Å². The quantitative estimate of drug-likeness (QED) is 0.759. The molecule has 1 aliphatic heterocycles. The molecule has 1 aromatic rings. The highest BCUT2D eigenvalue weighted by Gasteiger charge is 2.41. The number of nitrogens with one attached hydrogen (secondary N) is 1. The summed E-state index contributed by atoms with van der Waals surface area (Å²) >= 11 is 8.12. The molecule has 16 heavy (non-hydrogen) atoms. The normalized spacial score (nSPS) is 33.0. The molecule has 0 saturated carbocycles. The first-order valence-corrected chi connectivity index (χ1v) is 7.26. The average Bonchev–Trinajstić information content (AvgIpc) is 2.57. The van der Waals surface area contributed by atoms with Crippen molar-refractivity contribution in [3.8, 4) is 0 Å². The zero-order valence-electron chi connectivity index (χ0n) is 9.42. The van der Waals surface area contributed by atoms with E-state index in [1.807, 2.05) is 6.07 Å². The van der Waals surface area contributed by atoms with Crippen molar-refractivity contribution in [2.45, 2.75) is 37.1 Å². The van der Waals surface area contributed by atoms with Crippen LogP contribution < -0.4 is 5.32 Å². The highest BCUT2D eigenvalue weighted by molar-refractivity contribution is 8.00. The largest absolute Gasteiger partial charge is 0.297 e. The minimum atomic E-state index is 0.178. The van der Waals surface area contributed by atoms with Gasteiger partial charge in [0.05, 0.1) is 4.87 Å². The SMILES string of the molecule is CC1CCSC2(CCc3cc(Cl)ccc32)N1. The van der Waals surface area contributed by atoms with E-state index in [1.54, 1.807) is 0 Å². The first kappa shape index (κ1) is 10.9. The van der Waals surface area contributed by atoms with E-state index >= 15 is 0 Å². The molecule has 0 radical (unpaired) electrons. The third-order valence-corrected chi connectivity index (χ3v) is 5.34. The Morgan fingerprint density at radius 2 is 2.38 bits per heavy atom. The van der Waals surface area contributed by atoms with E-state index < -0.39 is 0 Å². The van der Waals surface area contributed by atoms with Crippen molar-refractivity contribution in [1.82, 2.24) is 5.32 Å². The van der Waals surface area contributed by atoms with Gasteiger partial charge < -0.3 is 0 Å². The summed E-state index contributed by atoms with van der Waals surface area (Å²) in [6, 6.07) is 6.99. The molecule has 0 amide bonds. The molecule has 3 rings (SSSR count). The van der Waals surface area contributed by atoms with E-state index in [0.29, 0.717) is 6.04 Å². The van der Waals surface area contributed by atoms with Crippen molar-refractivity contribution < 1.29 is 0 Å². The van der Waals surface area contributed by atoms with Crippen LogP contribution in [0.25, 0.3) is 0 Å². The summed E-state index contributed by atoms with van der Waals surface area (Å²) in [5.41, 5.74) is 2.90. The highest BCUT2D eigenvalue weighted by Crippen LogP contribution is 2.48. The van der Waals surface area contributed by atoms with Gasteiger partial charge in [-0.15, -0.1) is 11.8 Å². The summed E-state index contributed by atoms with van der Waals surface area (Å²) in [6.07, 6.45) is 3.63. The summed E-state index contributed by atoms with van der Waals surface area (Å²) in [4.78, 5) is 0.178. The van der Waals surface area contributed by atoms with Gasteiger partial charge in [0.1, 0.15) is 0 Å². The van der Waals surface area contributed by atoms with Crippen molar-refractivity contribution in [3.63, 3.8) is 0 Å². The van der Waals surface area contributed by atoms with Gasteiger partial charge in [0, 0.05) is 11.1 Å². The summed E-state index contributed by atoms with van der Waals surface area (Å²) in [7, 11) is 0. The van der Waals surface area contributed by atoms with Crippen LogP contribution in [0.15, 0.2) is 18.2 Å². The van der Waals surface area contributed by atoms with Crippen molar-refractivity contribution in [1.29, 1.82) is 0 Å². The van der Waals surface area contributed by atoms with Gasteiger partial charge in [0.25, 0.3) is 0 Å². The fourth-order valence-corrected chi connectivity index (χ4v) is 4.73. The van der Waals surface area contributed by atoms with E-state index in [4.69, 9.17) is 11.6 Å². The molecule has 1 fully saturated rings. The molecule has 86 valence electrons. The minimum Gasteiger partial charge on any atom is -0.297 e. The van der Waals surface area contributed by atoms with Gasteiger partial charge in [-0.1, -0.05) is 17.7 Å². The lowest BCUT2D eigenvalue weighted by Crippen LogP contribution is -2.46. The second-order valence-electron chi connectivity index (χ2n) is 4.81. The summed E-state index contributed by atoms with van der Waals surface area (Å²) in [5.74, 6) is 1.26. The predicted octanol–water partition coefficient (Wildman–Crippen LogP) is 3.55. The van der Waals surface area contributed by atoms with Crippen molar-refractivity contribution in [3.05, 3.63) is 34.3 Å². The summed E-state index contributed by atoms with van der Waals surface area (Å²) in [6.45, 7) is 2.29. The number of halogens is 1. The molecule has 2 unspecified atom stereocenters. The summed E-state index contributed by atoms with van der Waals surface area (Å²) < 4.78 is 0. The molecule has 3 heteroatoms. The molecule has 1 N–H and O–H groups in total. The zero-order valence-corrected chi connectivity index (χ0v) is 11.0. The van der Waals surface area contributed by atoms with Crippen LogP contribution in [0.4, 0.5) is 0 Å². The minimum absolute atomic E-state index is 0.178. The number of hydrogen-bond donors (Lipinski definition) is 1. The number of fused-ring (bicyclic) bond motifs is 2. The lowest BCUT2D eigenvalue weighted by Gasteiger charge is -2.38. The van der Waals surface area contributed by atoms with Crippen LogP contribution in [0, 0.1) is 0 Å². The van der Waals surface area contributed by atoms with E-state index in [2.05, 4.69) is 36.1 Å². The average molecular weight is 254 g/mol. The maximum Gasteiger partial charge on any atom is 0.0909 e. The maximum atomic E-state index is 6.05. The van der Waals surface area contributed by atoms with Gasteiger partial charge in [-0.2, -0.15) is 0 Å². The van der Waals surface area contributed by atoms with Gasteiger partial charge in [-0.25, -0.2) is 0 Å². The Morgan fingerprint density at radius 1 is 1.50 bits per heavy atom.